The first-order valence-electron chi connectivity index (χ1n) is 4.32. The number of aliphatic carboxylic acids is 1. The Balaban J connectivity index is 3.17. The minimum absolute atomic E-state index is 0.305. The number of halogens is 4. The highest BCUT2D eigenvalue weighted by atomic mass is 19.3. The lowest BCUT2D eigenvalue weighted by atomic mass is 9.99. The van der Waals surface area contributed by atoms with Gasteiger partial charge in [0.05, 0.1) is 6.42 Å². The Labute approximate surface area is 88.5 Å². The predicted molar refractivity (Wildman–Crippen MR) is 47.7 cm³/mol. The molecular weight excluding hydrogens is 228 g/mol. The molecule has 0 aliphatic rings. The van der Waals surface area contributed by atoms with E-state index in [1.54, 1.807) is 0 Å². The van der Waals surface area contributed by atoms with E-state index in [4.69, 9.17) is 5.11 Å². The molecule has 0 unspecified atom stereocenters. The Morgan fingerprint density at radius 2 is 1.88 bits per heavy atom. The summed E-state index contributed by atoms with van der Waals surface area (Å²) in [6.45, 7) is 0. The number of hydrogen-bond acceptors (Lipinski definition) is 1. The lowest BCUT2D eigenvalue weighted by Crippen LogP contribution is -2.25. The van der Waals surface area contributed by atoms with E-state index in [-0.39, 0.29) is 5.56 Å². The summed E-state index contributed by atoms with van der Waals surface area (Å²) < 4.78 is 50.3. The summed E-state index contributed by atoms with van der Waals surface area (Å²) >= 11 is 0. The molecule has 0 heterocycles. The molecule has 88 valence electrons. The molecule has 0 saturated heterocycles. The van der Waals surface area contributed by atoms with Crippen molar-refractivity contribution < 1.29 is 27.5 Å². The highest BCUT2D eigenvalue weighted by molar-refractivity contribution is 5.70. The van der Waals surface area contributed by atoms with Crippen LogP contribution < -0.4 is 0 Å². The van der Waals surface area contributed by atoms with Crippen LogP contribution in [0.5, 0.6) is 0 Å². The summed E-state index contributed by atoms with van der Waals surface area (Å²) in [4.78, 5) is 10.4. The number of alkyl halides is 4. The van der Waals surface area contributed by atoms with Gasteiger partial charge < -0.3 is 5.11 Å². The van der Waals surface area contributed by atoms with Crippen molar-refractivity contribution in [1.29, 1.82) is 0 Å². The van der Waals surface area contributed by atoms with E-state index in [2.05, 4.69) is 0 Å². The fourth-order valence-electron chi connectivity index (χ4n) is 1.28. The third-order valence-corrected chi connectivity index (χ3v) is 1.99. The van der Waals surface area contributed by atoms with Gasteiger partial charge in [-0.05, 0) is 5.56 Å². The van der Waals surface area contributed by atoms with Crippen molar-refractivity contribution in [3.05, 3.63) is 35.4 Å². The van der Waals surface area contributed by atoms with Crippen LogP contribution in [0.4, 0.5) is 17.6 Å². The molecule has 0 atom stereocenters. The minimum atomic E-state index is -4.33. The van der Waals surface area contributed by atoms with Crippen LogP contribution in [0.2, 0.25) is 0 Å². The largest absolute Gasteiger partial charge is 0.481 e. The fourth-order valence-corrected chi connectivity index (χ4v) is 1.28. The first-order valence-corrected chi connectivity index (χ1v) is 4.32. The van der Waals surface area contributed by atoms with Crippen molar-refractivity contribution in [2.45, 2.75) is 18.8 Å². The van der Waals surface area contributed by atoms with Crippen LogP contribution >= 0.6 is 0 Å². The van der Waals surface area contributed by atoms with Crippen LogP contribution in [-0.4, -0.2) is 17.5 Å². The quantitative estimate of drug-likeness (QED) is 0.816. The zero-order valence-electron chi connectivity index (χ0n) is 7.96. The smallest absolute Gasteiger partial charge is 0.332 e. The molecule has 1 aromatic carbocycles. The van der Waals surface area contributed by atoms with Gasteiger partial charge in [0, 0.05) is 5.56 Å². The molecule has 0 aliphatic heterocycles. The van der Waals surface area contributed by atoms with E-state index >= 15 is 0 Å². The second-order valence-corrected chi connectivity index (χ2v) is 3.15. The summed E-state index contributed by atoms with van der Waals surface area (Å²) in [5.41, 5.74) is -1.24. The Hall–Kier alpha value is -1.59. The average molecular weight is 236 g/mol. The molecule has 16 heavy (non-hydrogen) atoms. The van der Waals surface area contributed by atoms with Crippen molar-refractivity contribution in [2.24, 2.45) is 0 Å². The van der Waals surface area contributed by atoms with Gasteiger partial charge in [0.1, 0.15) is 0 Å². The van der Waals surface area contributed by atoms with Crippen LogP contribution in [0.15, 0.2) is 24.3 Å². The minimum Gasteiger partial charge on any atom is -0.481 e. The van der Waals surface area contributed by atoms with E-state index in [9.17, 15) is 22.4 Å². The number of hydrogen-bond donors (Lipinski definition) is 1. The monoisotopic (exact) mass is 236 g/mol. The maximum Gasteiger partial charge on any atom is 0.332 e. The van der Waals surface area contributed by atoms with Crippen LogP contribution in [0, 0.1) is 0 Å². The Morgan fingerprint density at radius 1 is 1.31 bits per heavy atom. The Bertz CT molecular complexity index is 390. The molecule has 1 N–H and O–H groups in total. The zero-order chi connectivity index (χ0) is 12.3. The van der Waals surface area contributed by atoms with Gasteiger partial charge in [-0.2, -0.15) is 8.78 Å². The molecule has 1 aromatic rings. The molecule has 0 fully saturated rings. The van der Waals surface area contributed by atoms with E-state index in [0.29, 0.717) is 0 Å². The lowest BCUT2D eigenvalue weighted by molar-refractivity contribution is -0.138. The second kappa shape index (κ2) is 4.51. The number of benzene rings is 1. The van der Waals surface area contributed by atoms with Gasteiger partial charge in [-0.3, -0.25) is 4.79 Å². The summed E-state index contributed by atoms with van der Waals surface area (Å²) in [5.74, 6) is -5.68. The van der Waals surface area contributed by atoms with E-state index in [1.807, 2.05) is 0 Å². The van der Waals surface area contributed by atoms with Gasteiger partial charge in [0.25, 0.3) is 0 Å². The third kappa shape index (κ3) is 2.50. The van der Waals surface area contributed by atoms with Gasteiger partial charge in [0.2, 0.25) is 0 Å². The molecule has 0 aliphatic carbocycles. The number of carbonyl (C=O) groups is 1. The number of carboxylic acid groups (broad SMARTS) is 1. The number of rotatable bonds is 4. The highest BCUT2D eigenvalue weighted by Gasteiger charge is 2.44. The van der Waals surface area contributed by atoms with Crippen molar-refractivity contribution >= 4 is 5.97 Å². The van der Waals surface area contributed by atoms with Crippen molar-refractivity contribution in [2.75, 3.05) is 0 Å². The van der Waals surface area contributed by atoms with Crippen LogP contribution in [-0.2, 0) is 17.1 Å². The van der Waals surface area contributed by atoms with E-state index < -0.39 is 30.3 Å². The molecular formula is C10H8F4O2. The highest BCUT2D eigenvalue weighted by Crippen LogP contribution is 2.36. The molecule has 0 saturated carbocycles. The molecule has 0 bridgehead atoms. The molecule has 0 amide bonds. The molecule has 6 heteroatoms. The van der Waals surface area contributed by atoms with E-state index in [1.165, 1.54) is 6.07 Å². The van der Waals surface area contributed by atoms with Gasteiger partial charge in [-0.15, -0.1) is 0 Å². The van der Waals surface area contributed by atoms with Gasteiger partial charge in [-0.25, -0.2) is 8.78 Å². The summed E-state index contributed by atoms with van der Waals surface area (Å²) in [6.07, 6.45) is -4.57. The summed E-state index contributed by atoms with van der Waals surface area (Å²) in [6, 6.07) is 4.39. The Morgan fingerprint density at radius 3 is 2.38 bits per heavy atom. The standard InChI is InChI=1S/C10H8F4O2/c11-9(12)10(13,14)7-4-2-1-3-6(7)5-8(15)16/h1-4,9H,5H2,(H,15,16). The third-order valence-electron chi connectivity index (χ3n) is 1.99. The maximum absolute atomic E-state index is 13.0. The molecule has 0 spiro atoms. The van der Waals surface area contributed by atoms with Crippen LogP contribution in [0.3, 0.4) is 0 Å². The first-order chi connectivity index (χ1) is 7.35. The first kappa shape index (κ1) is 12.5. The van der Waals surface area contributed by atoms with Gasteiger partial charge in [-0.1, -0.05) is 24.3 Å². The van der Waals surface area contributed by atoms with Gasteiger partial charge >= 0.3 is 18.3 Å². The topological polar surface area (TPSA) is 37.3 Å². The zero-order valence-corrected chi connectivity index (χ0v) is 7.96. The lowest BCUT2D eigenvalue weighted by Gasteiger charge is -2.18. The van der Waals surface area contributed by atoms with Crippen molar-refractivity contribution in [3.63, 3.8) is 0 Å². The SMILES string of the molecule is O=C(O)Cc1ccccc1C(F)(F)C(F)F. The maximum atomic E-state index is 13.0. The van der Waals surface area contributed by atoms with Gasteiger partial charge in [0.15, 0.2) is 0 Å². The number of carboxylic acids is 1. The molecule has 2 nitrogen and oxygen atoms in total. The van der Waals surface area contributed by atoms with Crippen molar-refractivity contribution in [1.82, 2.24) is 0 Å². The van der Waals surface area contributed by atoms with Crippen LogP contribution in [0.1, 0.15) is 11.1 Å². The molecule has 1 rings (SSSR count). The average Bonchev–Trinajstić information content (AvgIpc) is 2.17. The Kier molecular flexibility index (Phi) is 3.51. The molecule has 0 aromatic heterocycles. The second-order valence-electron chi connectivity index (χ2n) is 3.15. The van der Waals surface area contributed by atoms with Crippen LogP contribution in [0.25, 0.3) is 0 Å². The predicted octanol–water partition coefficient (Wildman–Crippen LogP) is 2.67. The van der Waals surface area contributed by atoms with E-state index in [0.717, 1.165) is 18.2 Å². The molecule has 0 radical (unpaired) electrons. The summed E-state index contributed by atoms with van der Waals surface area (Å²) in [7, 11) is 0. The van der Waals surface area contributed by atoms with Crippen molar-refractivity contribution in [3.8, 4) is 0 Å². The normalized spacial score (nSPS) is 11.8. The summed E-state index contributed by atoms with van der Waals surface area (Å²) in [5, 5.41) is 8.46. The fraction of sp³-hybridized carbons (Fsp3) is 0.300.